The van der Waals surface area contributed by atoms with E-state index in [1.54, 1.807) is 12.3 Å². The van der Waals surface area contributed by atoms with Crippen molar-refractivity contribution < 1.29 is 27.8 Å². The van der Waals surface area contributed by atoms with Gasteiger partial charge in [-0.05, 0) is 47.9 Å². The maximum atomic E-state index is 12.8. The predicted molar refractivity (Wildman–Crippen MR) is 112 cm³/mol. The molecule has 162 valence electrons. The van der Waals surface area contributed by atoms with E-state index in [0.29, 0.717) is 29.1 Å². The number of halogens is 3. The lowest BCUT2D eigenvalue weighted by atomic mass is 10.0. The molecule has 5 nitrogen and oxygen atoms in total. The summed E-state index contributed by atoms with van der Waals surface area (Å²) in [4.78, 5) is 16.9. The van der Waals surface area contributed by atoms with Crippen molar-refractivity contribution in [2.24, 2.45) is 0 Å². The van der Waals surface area contributed by atoms with Gasteiger partial charge in [-0.1, -0.05) is 24.3 Å². The topological polar surface area (TPSA) is 62.7 Å². The zero-order chi connectivity index (χ0) is 22.6. The number of hydrogen-bond donors (Lipinski definition) is 1. The number of carbonyl (C=O) groups is 1. The number of alkyl halides is 3. The van der Waals surface area contributed by atoms with Crippen LogP contribution >= 0.6 is 0 Å². The van der Waals surface area contributed by atoms with Crippen molar-refractivity contribution in [3.05, 3.63) is 71.9 Å². The van der Waals surface area contributed by atoms with Gasteiger partial charge in [-0.25, -0.2) is 4.98 Å². The summed E-state index contributed by atoms with van der Waals surface area (Å²) in [6.45, 7) is 0. The lowest BCUT2D eigenvalue weighted by molar-refractivity contribution is -0.138. The van der Waals surface area contributed by atoms with Gasteiger partial charge in [0.15, 0.2) is 0 Å². The molecule has 3 aromatic rings. The highest BCUT2D eigenvalue weighted by Crippen LogP contribution is 2.36. The highest BCUT2D eigenvalue weighted by atomic mass is 19.4. The first-order valence-electron chi connectivity index (χ1n) is 9.45. The van der Waals surface area contributed by atoms with Crippen molar-refractivity contribution in [3.8, 4) is 17.0 Å². The summed E-state index contributed by atoms with van der Waals surface area (Å²) < 4.78 is 43.9. The van der Waals surface area contributed by atoms with E-state index in [0.717, 1.165) is 23.4 Å². The molecule has 0 spiro atoms. The SMILES string of the molecule is COc1ncc(-c2ccc(C(F)(F)F)cc2)cc1N(C)c1ccc(CCC(=O)O)cc1. The van der Waals surface area contributed by atoms with E-state index in [1.165, 1.54) is 19.2 Å². The van der Waals surface area contributed by atoms with Crippen molar-refractivity contribution in [2.45, 2.75) is 19.0 Å². The number of ether oxygens (including phenoxy) is 1. The number of hydrogen-bond acceptors (Lipinski definition) is 4. The largest absolute Gasteiger partial charge is 0.481 e. The van der Waals surface area contributed by atoms with Gasteiger partial charge in [0, 0.05) is 30.9 Å². The first-order chi connectivity index (χ1) is 14.7. The normalized spacial score (nSPS) is 11.3. The molecule has 2 aromatic carbocycles. The molecule has 31 heavy (non-hydrogen) atoms. The van der Waals surface area contributed by atoms with Crippen LogP contribution in [0.2, 0.25) is 0 Å². The van der Waals surface area contributed by atoms with Crippen LogP contribution in [0.5, 0.6) is 5.88 Å². The second-order valence-electron chi connectivity index (χ2n) is 6.95. The Bertz CT molecular complexity index is 1050. The average molecular weight is 430 g/mol. The van der Waals surface area contributed by atoms with Gasteiger partial charge in [-0.2, -0.15) is 13.2 Å². The third kappa shape index (κ3) is 5.33. The summed E-state index contributed by atoms with van der Waals surface area (Å²) in [7, 11) is 3.31. The van der Waals surface area contributed by atoms with Crippen LogP contribution in [0.1, 0.15) is 17.5 Å². The van der Waals surface area contributed by atoms with E-state index in [4.69, 9.17) is 9.84 Å². The molecule has 0 amide bonds. The van der Waals surface area contributed by atoms with Crippen LogP contribution < -0.4 is 9.64 Å². The molecule has 0 aliphatic heterocycles. The number of carboxylic acids is 1. The molecule has 8 heteroatoms. The third-order valence-electron chi connectivity index (χ3n) is 4.88. The van der Waals surface area contributed by atoms with E-state index in [1.807, 2.05) is 36.2 Å². The summed E-state index contributed by atoms with van der Waals surface area (Å²) >= 11 is 0. The number of aliphatic carboxylic acids is 1. The van der Waals surface area contributed by atoms with Gasteiger partial charge in [0.05, 0.1) is 12.7 Å². The van der Waals surface area contributed by atoms with Crippen LogP contribution in [0.15, 0.2) is 60.8 Å². The summed E-state index contributed by atoms with van der Waals surface area (Å²) in [5, 5.41) is 8.81. The Hall–Kier alpha value is -3.55. The minimum Gasteiger partial charge on any atom is -0.481 e. The van der Waals surface area contributed by atoms with Crippen LogP contribution in [0, 0.1) is 0 Å². The Labute approximate surface area is 177 Å². The van der Waals surface area contributed by atoms with Crippen molar-refractivity contribution in [2.75, 3.05) is 19.1 Å². The molecule has 1 aromatic heterocycles. The number of aryl methyl sites for hydroxylation is 1. The fourth-order valence-corrected chi connectivity index (χ4v) is 3.12. The molecule has 1 heterocycles. The van der Waals surface area contributed by atoms with Gasteiger partial charge in [-0.15, -0.1) is 0 Å². The molecular weight excluding hydrogens is 409 g/mol. The molecular formula is C23H21F3N2O3. The van der Waals surface area contributed by atoms with Crippen LogP contribution in [0.25, 0.3) is 11.1 Å². The quantitative estimate of drug-likeness (QED) is 0.532. The highest BCUT2D eigenvalue weighted by Gasteiger charge is 2.30. The minimum absolute atomic E-state index is 0.0576. The standard InChI is InChI=1S/C23H21F3N2O3/c1-28(19-10-3-15(4-11-19)5-12-21(29)30)20-13-17(14-27-22(20)31-2)16-6-8-18(9-7-16)23(24,25)26/h3-4,6-11,13-14H,5,12H2,1-2H3,(H,29,30). The van der Waals surface area contributed by atoms with Crippen LogP contribution in [-0.4, -0.2) is 30.2 Å². The molecule has 0 atom stereocenters. The number of benzene rings is 2. The Morgan fingerprint density at radius 3 is 2.26 bits per heavy atom. The summed E-state index contributed by atoms with van der Waals surface area (Å²) in [5.41, 5.74) is 2.90. The predicted octanol–water partition coefficient (Wildman–Crippen LogP) is 5.56. The van der Waals surface area contributed by atoms with Gasteiger partial charge in [0.1, 0.15) is 5.69 Å². The van der Waals surface area contributed by atoms with E-state index in [2.05, 4.69) is 4.98 Å². The molecule has 0 radical (unpaired) electrons. The summed E-state index contributed by atoms with van der Waals surface area (Å²) in [6, 6.07) is 14.1. The number of methoxy groups -OCH3 is 1. The second kappa shape index (κ2) is 9.07. The van der Waals surface area contributed by atoms with Crippen molar-refractivity contribution >= 4 is 17.3 Å². The molecule has 0 unspecified atom stereocenters. The molecule has 3 rings (SSSR count). The summed E-state index contributed by atoms with van der Waals surface area (Å²) in [6.07, 6.45) is -2.35. The molecule has 0 fully saturated rings. The van der Waals surface area contributed by atoms with E-state index in [-0.39, 0.29) is 6.42 Å². The zero-order valence-electron chi connectivity index (χ0n) is 17.0. The van der Waals surface area contributed by atoms with Crippen LogP contribution in [0.3, 0.4) is 0 Å². The first-order valence-corrected chi connectivity index (χ1v) is 9.45. The average Bonchev–Trinajstić information content (AvgIpc) is 2.76. The van der Waals surface area contributed by atoms with Crippen LogP contribution in [0.4, 0.5) is 24.5 Å². The van der Waals surface area contributed by atoms with Gasteiger partial charge in [0.25, 0.3) is 0 Å². The lowest BCUT2D eigenvalue weighted by Crippen LogP contribution is -2.12. The fourth-order valence-electron chi connectivity index (χ4n) is 3.12. The number of aromatic nitrogens is 1. The highest BCUT2D eigenvalue weighted by molar-refractivity contribution is 5.74. The monoisotopic (exact) mass is 430 g/mol. The Balaban J connectivity index is 1.89. The maximum absolute atomic E-state index is 12.8. The molecule has 0 saturated carbocycles. The van der Waals surface area contributed by atoms with Gasteiger partial charge < -0.3 is 14.7 Å². The van der Waals surface area contributed by atoms with Crippen molar-refractivity contribution in [3.63, 3.8) is 0 Å². The molecule has 0 aliphatic carbocycles. The van der Waals surface area contributed by atoms with Gasteiger partial charge in [0.2, 0.25) is 5.88 Å². The Kier molecular flexibility index (Phi) is 6.48. The van der Waals surface area contributed by atoms with Gasteiger partial charge >= 0.3 is 12.1 Å². The second-order valence-corrected chi connectivity index (χ2v) is 6.95. The Morgan fingerprint density at radius 2 is 1.71 bits per heavy atom. The van der Waals surface area contributed by atoms with Gasteiger partial charge in [-0.3, -0.25) is 4.79 Å². The lowest BCUT2D eigenvalue weighted by Gasteiger charge is -2.22. The van der Waals surface area contributed by atoms with Crippen molar-refractivity contribution in [1.82, 2.24) is 4.98 Å². The maximum Gasteiger partial charge on any atom is 0.416 e. The number of anilines is 2. The minimum atomic E-state index is -4.39. The van der Waals surface area contributed by atoms with Crippen LogP contribution in [-0.2, 0) is 17.4 Å². The number of rotatable bonds is 7. The molecule has 0 aliphatic rings. The summed E-state index contributed by atoms with van der Waals surface area (Å²) in [5.74, 6) is -0.481. The molecule has 0 saturated heterocycles. The molecule has 1 N–H and O–H groups in total. The first kappa shape index (κ1) is 22.1. The number of pyridine rings is 1. The zero-order valence-corrected chi connectivity index (χ0v) is 17.0. The number of carboxylic acid groups (broad SMARTS) is 1. The van der Waals surface area contributed by atoms with E-state index < -0.39 is 17.7 Å². The molecule has 0 bridgehead atoms. The number of nitrogens with zero attached hydrogens (tertiary/aromatic N) is 2. The smallest absolute Gasteiger partial charge is 0.416 e. The van der Waals surface area contributed by atoms with Crippen molar-refractivity contribution in [1.29, 1.82) is 0 Å². The van der Waals surface area contributed by atoms with E-state index in [9.17, 15) is 18.0 Å². The third-order valence-corrected chi connectivity index (χ3v) is 4.88. The Morgan fingerprint density at radius 1 is 1.06 bits per heavy atom. The fraction of sp³-hybridized carbons (Fsp3) is 0.217. The van der Waals surface area contributed by atoms with E-state index >= 15 is 0 Å².